The Kier molecular flexibility index (Phi) is 6.78. The summed E-state index contributed by atoms with van der Waals surface area (Å²) in [5.74, 6) is -0.303. The molecule has 0 radical (unpaired) electrons. The Labute approximate surface area is 179 Å². The van der Waals surface area contributed by atoms with Crippen LogP contribution in [-0.2, 0) is 10.0 Å². The number of alkyl halides is 3. The van der Waals surface area contributed by atoms with Crippen LogP contribution in [0.1, 0.15) is 30.1 Å². The van der Waals surface area contributed by atoms with Gasteiger partial charge in [-0.1, -0.05) is 13.0 Å². The molecule has 0 saturated carbocycles. The molecule has 0 bridgehead atoms. The van der Waals surface area contributed by atoms with Crippen LogP contribution < -0.4 is 14.9 Å². The molecule has 31 heavy (non-hydrogen) atoms. The predicted molar refractivity (Wildman–Crippen MR) is 113 cm³/mol. The number of halogens is 3. The topological polar surface area (TPSA) is 78.5 Å². The number of rotatable bonds is 6. The maximum absolute atomic E-state index is 12.7. The SMILES string of the molecule is CC1CCN(c2ccc(NS(=O)(=O)c3cccc(C(=O)NCC(F)(F)F)c3)cc2)CC1. The molecular weight excluding hydrogens is 431 g/mol. The number of piperidine rings is 1. The van der Waals surface area contributed by atoms with E-state index in [0.717, 1.165) is 37.7 Å². The molecule has 0 atom stereocenters. The van der Waals surface area contributed by atoms with Gasteiger partial charge in [0, 0.05) is 30.0 Å². The molecule has 0 aromatic heterocycles. The summed E-state index contributed by atoms with van der Waals surface area (Å²) >= 11 is 0. The number of amides is 1. The van der Waals surface area contributed by atoms with Crippen LogP contribution in [0, 0.1) is 5.92 Å². The largest absolute Gasteiger partial charge is 0.405 e. The van der Waals surface area contributed by atoms with Crippen molar-refractivity contribution in [3.63, 3.8) is 0 Å². The lowest BCUT2D eigenvalue weighted by atomic mass is 9.99. The van der Waals surface area contributed by atoms with E-state index in [2.05, 4.69) is 16.5 Å². The van der Waals surface area contributed by atoms with Crippen molar-refractivity contribution in [2.75, 3.05) is 29.3 Å². The second-order valence-corrected chi connectivity index (χ2v) is 9.33. The van der Waals surface area contributed by atoms with Gasteiger partial charge in [0.1, 0.15) is 6.54 Å². The second-order valence-electron chi connectivity index (χ2n) is 7.65. The quantitative estimate of drug-likeness (QED) is 0.690. The van der Waals surface area contributed by atoms with Crippen molar-refractivity contribution < 1.29 is 26.4 Å². The highest BCUT2D eigenvalue weighted by Crippen LogP contribution is 2.25. The average molecular weight is 456 g/mol. The molecule has 10 heteroatoms. The highest BCUT2D eigenvalue weighted by atomic mass is 32.2. The molecule has 0 aliphatic carbocycles. The average Bonchev–Trinajstić information content (AvgIpc) is 2.72. The fraction of sp³-hybridized carbons (Fsp3) is 0.381. The van der Waals surface area contributed by atoms with Crippen molar-refractivity contribution in [1.29, 1.82) is 0 Å². The Bertz CT molecular complexity index is 1020. The van der Waals surface area contributed by atoms with Gasteiger partial charge in [-0.25, -0.2) is 8.42 Å². The number of hydrogen-bond acceptors (Lipinski definition) is 4. The smallest absolute Gasteiger partial charge is 0.372 e. The van der Waals surface area contributed by atoms with Gasteiger partial charge < -0.3 is 10.2 Å². The van der Waals surface area contributed by atoms with Crippen molar-refractivity contribution in [3.05, 3.63) is 54.1 Å². The van der Waals surface area contributed by atoms with Crippen LogP contribution in [-0.4, -0.2) is 40.1 Å². The maximum Gasteiger partial charge on any atom is 0.405 e. The third kappa shape index (κ3) is 6.36. The number of nitrogens with one attached hydrogen (secondary N) is 2. The van der Waals surface area contributed by atoms with Crippen LogP contribution in [0.25, 0.3) is 0 Å². The zero-order chi connectivity index (χ0) is 22.6. The summed E-state index contributed by atoms with van der Waals surface area (Å²) in [5.41, 5.74) is 1.18. The normalized spacial score (nSPS) is 15.5. The van der Waals surface area contributed by atoms with E-state index in [4.69, 9.17) is 0 Å². The molecule has 1 aliphatic rings. The summed E-state index contributed by atoms with van der Waals surface area (Å²) in [6, 6.07) is 11.9. The molecule has 168 valence electrons. The number of anilines is 2. The minimum atomic E-state index is -4.56. The van der Waals surface area contributed by atoms with Crippen molar-refractivity contribution in [2.45, 2.75) is 30.8 Å². The lowest BCUT2D eigenvalue weighted by Crippen LogP contribution is -2.33. The first-order valence-corrected chi connectivity index (χ1v) is 11.3. The van der Waals surface area contributed by atoms with E-state index in [9.17, 15) is 26.4 Å². The van der Waals surface area contributed by atoms with Gasteiger partial charge >= 0.3 is 6.18 Å². The standard InChI is InChI=1S/C21H24F3N3O3S/c1-15-9-11-27(12-10-15)18-7-5-17(6-8-18)26-31(29,30)19-4-2-3-16(13-19)20(28)25-14-21(22,23)24/h2-8,13,15,26H,9-12,14H2,1H3,(H,25,28). The molecule has 0 unspecified atom stereocenters. The van der Waals surface area contributed by atoms with E-state index in [0.29, 0.717) is 11.6 Å². The van der Waals surface area contributed by atoms with E-state index >= 15 is 0 Å². The van der Waals surface area contributed by atoms with Crippen molar-refractivity contribution >= 4 is 27.3 Å². The van der Waals surface area contributed by atoms with Gasteiger partial charge in [-0.15, -0.1) is 0 Å². The van der Waals surface area contributed by atoms with Crippen molar-refractivity contribution in [2.24, 2.45) is 5.92 Å². The molecular formula is C21H24F3N3O3S. The van der Waals surface area contributed by atoms with E-state index < -0.39 is 28.7 Å². The molecule has 1 heterocycles. The summed E-state index contributed by atoms with van der Waals surface area (Å²) in [4.78, 5) is 13.9. The third-order valence-electron chi connectivity index (χ3n) is 5.12. The van der Waals surface area contributed by atoms with E-state index in [1.165, 1.54) is 18.2 Å². The van der Waals surface area contributed by atoms with Crippen LogP contribution in [0.3, 0.4) is 0 Å². The molecule has 1 amide bonds. The molecule has 3 rings (SSSR count). The van der Waals surface area contributed by atoms with Crippen LogP contribution >= 0.6 is 0 Å². The number of benzene rings is 2. The van der Waals surface area contributed by atoms with Gasteiger partial charge in [0.15, 0.2) is 0 Å². The molecule has 2 aromatic rings. The number of sulfonamides is 1. The second kappa shape index (κ2) is 9.17. The van der Waals surface area contributed by atoms with Gasteiger partial charge in [-0.2, -0.15) is 13.2 Å². The summed E-state index contributed by atoms with van der Waals surface area (Å²) in [5, 5.41) is 1.72. The summed E-state index contributed by atoms with van der Waals surface area (Å²) < 4.78 is 64.7. The molecule has 1 aliphatic heterocycles. The highest BCUT2D eigenvalue weighted by Gasteiger charge is 2.28. The first kappa shape index (κ1) is 22.9. The van der Waals surface area contributed by atoms with E-state index in [1.807, 2.05) is 12.1 Å². The lowest BCUT2D eigenvalue weighted by Gasteiger charge is -2.32. The third-order valence-corrected chi connectivity index (χ3v) is 6.50. The number of carbonyl (C=O) groups is 1. The summed E-state index contributed by atoms with van der Waals surface area (Å²) in [7, 11) is -4.02. The number of carbonyl (C=O) groups excluding carboxylic acids is 1. The van der Waals surface area contributed by atoms with Gasteiger partial charge in [0.2, 0.25) is 0 Å². The summed E-state index contributed by atoms with van der Waals surface area (Å²) in [6.07, 6.45) is -2.33. The van der Waals surface area contributed by atoms with E-state index in [1.54, 1.807) is 17.4 Å². The molecule has 2 aromatic carbocycles. The minimum Gasteiger partial charge on any atom is -0.372 e. The molecule has 1 fully saturated rings. The summed E-state index contributed by atoms with van der Waals surface area (Å²) in [6.45, 7) is 2.64. The Hall–Kier alpha value is -2.75. The van der Waals surface area contributed by atoms with Crippen LogP contribution in [0.5, 0.6) is 0 Å². The lowest BCUT2D eigenvalue weighted by molar-refractivity contribution is -0.123. The molecule has 0 spiro atoms. The predicted octanol–water partition coefficient (Wildman–Crippen LogP) is 4.02. The first-order valence-electron chi connectivity index (χ1n) is 9.86. The molecule has 6 nitrogen and oxygen atoms in total. The first-order chi connectivity index (χ1) is 14.5. The number of hydrogen-bond donors (Lipinski definition) is 2. The maximum atomic E-state index is 12.7. The van der Waals surface area contributed by atoms with Gasteiger partial charge in [0.25, 0.3) is 15.9 Å². The van der Waals surface area contributed by atoms with Gasteiger partial charge in [-0.05, 0) is 61.2 Å². The van der Waals surface area contributed by atoms with Crippen LogP contribution in [0.15, 0.2) is 53.4 Å². The monoisotopic (exact) mass is 455 g/mol. The Morgan fingerprint density at radius 3 is 2.35 bits per heavy atom. The molecule has 1 saturated heterocycles. The minimum absolute atomic E-state index is 0.179. The van der Waals surface area contributed by atoms with Crippen LogP contribution in [0.4, 0.5) is 24.5 Å². The van der Waals surface area contributed by atoms with Gasteiger partial charge in [0.05, 0.1) is 4.90 Å². The highest BCUT2D eigenvalue weighted by molar-refractivity contribution is 7.92. The Morgan fingerprint density at radius 1 is 1.10 bits per heavy atom. The van der Waals surface area contributed by atoms with Crippen molar-refractivity contribution in [1.82, 2.24) is 5.32 Å². The van der Waals surface area contributed by atoms with Crippen molar-refractivity contribution in [3.8, 4) is 0 Å². The fourth-order valence-electron chi connectivity index (χ4n) is 3.31. The number of nitrogens with zero attached hydrogens (tertiary/aromatic N) is 1. The Morgan fingerprint density at radius 2 is 1.74 bits per heavy atom. The Balaban J connectivity index is 1.68. The zero-order valence-electron chi connectivity index (χ0n) is 16.9. The molecule has 2 N–H and O–H groups in total. The zero-order valence-corrected chi connectivity index (χ0v) is 17.8. The van der Waals surface area contributed by atoms with E-state index in [-0.39, 0.29) is 10.5 Å². The fourth-order valence-corrected chi connectivity index (χ4v) is 4.41. The van der Waals surface area contributed by atoms with Crippen LogP contribution in [0.2, 0.25) is 0 Å². The van der Waals surface area contributed by atoms with Gasteiger partial charge in [-0.3, -0.25) is 9.52 Å².